The Balaban J connectivity index is 2.17. The second kappa shape index (κ2) is 12.3. The zero-order chi connectivity index (χ0) is 19.5. The first kappa shape index (κ1) is 22.1. The van der Waals surface area contributed by atoms with Gasteiger partial charge in [0.2, 0.25) is 0 Å². The molecule has 2 heteroatoms. The van der Waals surface area contributed by atoms with E-state index in [2.05, 4.69) is 38.7 Å². The Kier molecular flexibility index (Phi) is 10.1. The fourth-order valence-corrected chi connectivity index (χ4v) is 4.31. The lowest BCUT2D eigenvalue weighted by Gasteiger charge is -2.32. The summed E-state index contributed by atoms with van der Waals surface area (Å²) in [5.74, 6) is 1.18. The van der Waals surface area contributed by atoms with Crippen molar-refractivity contribution in [3.8, 4) is 5.75 Å². The Bertz CT molecular complexity index is 546. The second-order valence-electron chi connectivity index (χ2n) is 8.40. The number of unbranched alkanes of at least 4 members (excludes halogenated alkanes) is 6. The van der Waals surface area contributed by atoms with Crippen molar-refractivity contribution in [2.75, 3.05) is 24.6 Å². The number of aryl methyl sites for hydroxylation is 1. The first-order valence-corrected chi connectivity index (χ1v) is 11.7. The average Bonchev–Trinajstić information content (AvgIpc) is 2.69. The first-order valence-electron chi connectivity index (χ1n) is 11.7. The van der Waals surface area contributed by atoms with Crippen molar-refractivity contribution in [2.45, 2.75) is 105 Å². The van der Waals surface area contributed by atoms with Crippen LogP contribution in [-0.2, 0) is 6.42 Å². The quantitative estimate of drug-likeness (QED) is 0.354. The molecular formula is C25H43NO. The van der Waals surface area contributed by atoms with Crippen molar-refractivity contribution in [1.82, 2.24) is 0 Å². The van der Waals surface area contributed by atoms with Crippen LogP contribution in [0.5, 0.6) is 5.75 Å². The van der Waals surface area contributed by atoms with E-state index < -0.39 is 0 Å². The zero-order valence-electron chi connectivity index (χ0n) is 18.5. The fraction of sp³-hybridized carbons (Fsp3) is 0.760. The normalized spacial score (nSPS) is 14.6. The molecule has 1 aliphatic rings. The smallest absolute Gasteiger partial charge is 0.127 e. The van der Waals surface area contributed by atoms with Gasteiger partial charge >= 0.3 is 0 Å². The Morgan fingerprint density at radius 2 is 1.48 bits per heavy atom. The van der Waals surface area contributed by atoms with Gasteiger partial charge in [-0.2, -0.15) is 0 Å². The molecule has 2 nitrogen and oxygen atoms in total. The van der Waals surface area contributed by atoms with Gasteiger partial charge in [0, 0.05) is 24.3 Å². The lowest BCUT2D eigenvalue weighted by molar-refractivity contribution is 0.301. The molecule has 0 bridgehead atoms. The minimum absolute atomic E-state index is 0.862. The van der Waals surface area contributed by atoms with Crippen molar-refractivity contribution in [2.24, 2.45) is 0 Å². The van der Waals surface area contributed by atoms with E-state index in [-0.39, 0.29) is 0 Å². The summed E-state index contributed by atoms with van der Waals surface area (Å²) in [6, 6.07) is 2.49. The maximum Gasteiger partial charge on any atom is 0.127 e. The summed E-state index contributed by atoms with van der Waals surface area (Å²) in [7, 11) is 0. The molecule has 0 spiro atoms. The number of hydrogen-bond donors (Lipinski definition) is 0. The number of hydrogen-bond acceptors (Lipinski definition) is 2. The molecule has 1 aliphatic heterocycles. The van der Waals surface area contributed by atoms with Crippen molar-refractivity contribution in [3.63, 3.8) is 0 Å². The molecule has 154 valence electrons. The Morgan fingerprint density at radius 3 is 2.15 bits per heavy atom. The number of ether oxygens (including phenoxy) is 1. The maximum absolute atomic E-state index is 6.39. The van der Waals surface area contributed by atoms with Crippen LogP contribution in [-0.4, -0.2) is 19.7 Å². The molecule has 0 unspecified atom stereocenters. The Hall–Kier alpha value is -1.18. The lowest BCUT2D eigenvalue weighted by atomic mass is 9.96. The summed E-state index contributed by atoms with van der Waals surface area (Å²) in [4.78, 5) is 2.61. The Labute approximate surface area is 168 Å². The van der Waals surface area contributed by atoms with Crippen molar-refractivity contribution < 1.29 is 4.74 Å². The van der Waals surface area contributed by atoms with Crippen LogP contribution in [0, 0.1) is 13.8 Å². The van der Waals surface area contributed by atoms with E-state index >= 15 is 0 Å². The summed E-state index contributed by atoms with van der Waals surface area (Å²) in [6.07, 6.45) is 15.6. The molecule has 1 heterocycles. The van der Waals surface area contributed by atoms with Gasteiger partial charge in [-0.1, -0.05) is 52.4 Å². The lowest BCUT2D eigenvalue weighted by Crippen LogP contribution is -2.30. The van der Waals surface area contributed by atoms with Gasteiger partial charge in [0.15, 0.2) is 0 Å². The first-order chi connectivity index (χ1) is 13.2. The molecule has 1 aromatic carbocycles. The summed E-state index contributed by atoms with van der Waals surface area (Å²) >= 11 is 0. The highest BCUT2D eigenvalue weighted by molar-refractivity contribution is 5.64. The topological polar surface area (TPSA) is 12.5 Å². The van der Waals surface area contributed by atoms with E-state index in [1.807, 2.05) is 0 Å². The Morgan fingerprint density at radius 1 is 0.815 bits per heavy atom. The van der Waals surface area contributed by atoms with Crippen molar-refractivity contribution in [1.29, 1.82) is 0 Å². The van der Waals surface area contributed by atoms with Crippen LogP contribution in [0.1, 0.15) is 101 Å². The number of nitrogens with zero attached hydrogens (tertiary/aromatic N) is 1. The van der Waals surface area contributed by atoms with Crippen LogP contribution in [0.4, 0.5) is 5.69 Å². The van der Waals surface area contributed by atoms with E-state index in [0.717, 1.165) is 6.61 Å². The van der Waals surface area contributed by atoms with Crippen molar-refractivity contribution >= 4 is 5.69 Å². The predicted molar refractivity (Wildman–Crippen MR) is 119 cm³/mol. The average molecular weight is 374 g/mol. The summed E-state index contributed by atoms with van der Waals surface area (Å²) in [5, 5.41) is 0. The third-order valence-electron chi connectivity index (χ3n) is 6.10. The molecule has 1 aromatic rings. The summed E-state index contributed by atoms with van der Waals surface area (Å²) in [6.45, 7) is 12.4. The molecular weight excluding hydrogens is 330 g/mol. The van der Waals surface area contributed by atoms with Gasteiger partial charge in [0.05, 0.1) is 6.61 Å². The van der Waals surface area contributed by atoms with Crippen molar-refractivity contribution in [3.05, 3.63) is 22.8 Å². The molecule has 0 amide bonds. The number of rotatable bonds is 12. The van der Waals surface area contributed by atoms with Crippen LogP contribution in [0.25, 0.3) is 0 Å². The zero-order valence-corrected chi connectivity index (χ0v) is 18.5. The van der Waals surface area contributed by atoms with E-state index in [1.54, 1.807) is 0 Å². The van der Waals surface area contributed by atoms with Gasteiger partial charge < -0.3 is 9.64 Å². The van der Waals surface area contributed by atoms with Gasteiger partial charge in [0.25, 0.3) is 0 Å². The number of anilines is 1. The molecule has 0 N–H and O–H groups in total. The highest BCUT2D eigenvalue weighted by Gasteiger charge is 2.19. The molecule has 2 rings (SSSR count). The molecule has 1 fully saturated rings. The van der Waals surface area contributed by atoms with Gasteiger partial charge in [0.1, 0.15) is 5.75 Å². The molecule has 0 atom stereocenters. The predicted octanol–water partition coefficient (Wildman–Crippen LogP) is 7.38. The SMILES string of the molecule is CCCCCCOc1c(C)c(CCCCCC)cc(N2CCCCC2)c1C. The number of piperidine rings is 1. The minimum Gasteiger partial charge on any atom is -0.493 e. The van der Waals surface area contributed by atoms with Crippen LogP contribution < -0.4 is 9.64 Å². The molecule has 0 aliphatic carbocycles. The van der Waals surface area contributed by atoms with Gasteiger partial charge in [-0.05, 0) is 69.6 Å². The van der Waals surface area contributed by atoms with Crippen LogP contribution in [0.3, 0.4) is 0 Å². The summed E-state index contributed by atoms with van der Waals surface area (Å²) in [5.41, 5.74) is 5.71. The van der Waals surface area contributed by atoms with E-state index in [0.29, 0.717) is 0 Å². The van der Waals surface area contributed by atoms with Crippen LogP contribution in [0.2, 0.25) is 0 Å². The molecule has 27 heavy (non-hydrogen) atoms. The maximum atomic E-state index is 6.39. The second-order valence-corrected chi connectivity index (χ2v) is 8.40. The highest BCUT2D eigenvalue weighted by Crippen LogP contribution is 2.36. The van der Waals surface area contributed by atoms with Crippen LogP contribution in [0.15, 0.2) is 6.07 Å². The van der Waals surface area contributed by atoms with E-state index in [4.69, 9.17) is 4.74 Å². The van der Waals surface area contributed by atoms with Gasteiger partial charge in [-0.15, -0.1) is 0 Å². The molecule has 0 radical (unpaired) electrons. The summed E-state index contributed by atoms with van der Waals surface area (Å²) < 4.78 is 6.39. The monoisotopic (exact) mass is 373 g/mol. The third kappa shape index (κ3) is 6.73. The highest BCUT2D eigenvalue weighted by atomic mass is 16.5. The largest absolute Gasteiger partial charge is 0.493 e. The molecule has 0 saturated carbocycles. The van der Waals surface area contributed by atoms with Gasteiger partial charge in [-0.25, -0.2) is 0 Å². The standard InChI is InChI=1S/C25H43NO/c1-5-7-9-12-16-23-20-24(26-17-13-11-14-18-26)22(4)25(21(23)3)27-19-15-10-8-6-2/h20H,5-19H2,1-4H3. The minimum atomic E-state index is 0.862. The van der Waals surface area contributed by atoms with E-state index in [1.165, 1.54) is 118 Å². The van der Waals surface area contributed by atoms with E-state index in [9.17, 15) is 0 Å². The number of benzene rings is 1. The fourth-order valence-electron chi connectivity index (χ4n) is 4.31. The van der Waals surface area contributed by atoms with Gasteiger partial charge in [-0.3, -0.25) is 0 Å². The third-order valence-corrected chi connectivity index (χ3v) is 6.10. The molecule has 1 saturated heterocycles. The van der Waals surface area contributed by atoms with Crippen LogP contribution >= 0.6 is 0 Å². The molecule has 0 aromatic heterocycles.